The number of carboxylic acids is 1. The van der Waals surface area contributed by atoms with Crippen molar-refractivity contribution in [3.63, 3.8) is 0 Å². The first kappa shape index (κ1) is 9.73. The van der Waals surface area contributed by atoms with E-state index in [0.29, 0.717) is 0 Å². The molecule has 0 unspecified atom stereocenters. The van der Waals surface area contributed by atoms with E-state index in [0.717, 1.165) is 0 Å². The van der Waals surface area contributed by atoms with Crippen molar-refractivity contribution in [2.75, 3.05) is 19.0 Å². The highest BCUT2D eigenvalue weighted by molar-refractivity contribution is 6.29. The first-order valence-electron chi connectivity index (χ1n) is 3.46. The monoisotopic (exact) mass is 201 g/mol. The number of carboxylic acid groups (broad SMARTS) is 1. The molecule has 0 atom stereocenters. The van der Waals surface area contributed by atoms with E-state index < -0.39 is 5.97 Å². The standard InChI is InChI=1S/C7H8ClN3O2/c1-11(2)7-9-4(6(12)13)3-5(8)10-7/h3H,1-2H3,(H,12,13). The van der Waals surface area contributed by atoms with Gasteiger partial charge in [-0.1, -0.05) is 11.6 Å². The lowest BCUT2D eigenvalue weighted by Gasteiger charge is -2.09. The molecule has 13 heavy (non-hydrogen) atoms. The van der Waals surface area contributed by atoms with Crippen LogP contribution in [0.2, 0.25) is 5.15 Å². The molecule has 0 radical (unpaired) electrons. The van der Waals surface area contributed by atoms with E-state index in [4.69, 9.17) is 16.7 Å². The number of rotatable bonds is 2. The van der Waals surface area contributed by atoms with Crippen molar-refractivity contribution in [3.8, 4) is 0 Å². The molecule has 0 bridgehead atoms. The lowest BCUT2D eigenvalue weighted by atomic mass is 10.4. The van der Waals surface area contributed by atoms with E-state index in [1.165, 1.54) is 6.07 Å². The zero-order chi connectivity index (χ0) is 10.0. The highest BCUT2D eigenvalue weighted by Gasteiger charge is 2.09. The van der Waals surface area contributed by atoms with Gasteiger partial charge in [0.25, 0.3) is 0 Å². The Morgan fingerprint density at radius 1 is 1.54 bits per heavy atom. The number of hydrogen-bond donors (Lipinski definition) is 1. The van der Waals surface area contributed by atoms with Crippen molar-refractivity contribution in [2.24, 2.45) is 0 Å². The second-order valence-corrected chi connectivity index (χ2v) is 2.96. The zero-order valence-corrected chi connectivity index (χ0v) is 7.91. The summed E-state index contributed by atoms with van der Waals surface area (Å²) in [4.78, 5) is 19.7. The minimum Gasteiger partial charge on any atom is -0.477 e. The van der Waals surface area contributed by atoms with Gasteiger partial charge < -0.3 is 10.0 Å². The van der Waals surface area contributed by atoms with E-state index >= 15 is 0 Å². The molecule has 0 amide bonds. The summed E-state index contributed by atoms with van der Waals surface area (Å²) in [5.74, 6) is -0.836. The summed E-state index contributed by atoms with van der Waals surface area (Å²) < 4.78 is 0. The van der Waals surface area contributed by atoms with Crippen molar-refractivity contribution in [1.29, 1.82) is 0 Å². The topological polar surface area (TPSA) is 66.3 Å². The van der Waals surface area contributed by atoms with Crippen molar-refractivity contribution < 1.29 is 9.90 Å². The maximum atomic E-state index is 10.6. The van der Waals surface area contributed by atoms with Crippen LogP contribution in [-0.4, -0.2) is 35.1 Å². The van der Waals surface area contributed by atoms with Gasteiger partial charge in [0.15, 0.2) is 5.69 Å². The molecule has 0 aromatic carbocycles. The predicted molar refractivity (Wildman–Crippen MR) is 48.3 cm³/mol. The molecule has 0 fully saturated rings. The Morgan fingerprint density at radius 3 is 2.62 bits per heavy atom. The number of halogens is 1. The number of carbonyl (C=O) groups is 1. The Bertz CT molecular complexity index is 341. The fraction of sp³-hybridized carbons (Fsp3) is 0.286. The van der Waals surface area contributed by atoms with Gasteiger partial charge in [-0.05, 0) is 0 Å². The molecule has 6 heteroatoms. The zero-order valence-electron chi connectivity index (χ0n) is 7.15. The lowest BCUT2D eigenvalue weighted by Crippen LogP contribution is -2.15. The summed E-state index contributed by atoms with van der Waals surface area (Å²) in [5.41, 5.74) is -0.108. The number of aromatic carboxylic acids is 1. The molecule has 1 aromatic heterocycles. The van der Waals surface area contributed by atoms with E-state index in [2.05, 4.69) is 9.97 Å². The van der Waals surface area contributed by atoms with E-state index in [9.17, 15) is 4.79 Å². The molecule has 1 heterocycles. The molecule has 1 N–H and O–H groups in total. The number of anilines is 1. The largest absolute Gasteiger partial charge is 0.477 e. The molecular formula is C7H8ClN3O2. The minimum absolute atomic E-state index is 0.108. The Kier molecular flexibility index (Phi) is 2.67. The van der Waals surface area contributed by atoms with Gasteiger partial charge in [-0.15, -0.1) is 0 Å². The quantitative estimate of drug-likeness (QED) is 0.720. The highest BCUT2D eigenvalue weighted by Crippen LogP contribution is 2.11. The van der Waals surface area contributed by atoms with Gasteiger partial charge in [-0.2, -0.15) is 0 Å². The van der Waals surface area contributed by atoms with E-state index in [1.54, 1.807) is 19.0 Å². The molecule has 0 spiro atoms. The van der Waals surface area contributed by atoms with Gasteiger partial charge >= 0.3 is 5.97 Å². The second-order valence-electron chi connectivity index (χ2n) is 2.58. The maximum absolute atomic E-state index is 10.6. The summed E-state index contributed by atoms with van der Waals surface area (Å²) >= 11 is 5.60. The van der Waals surface area contributed by atoms with Gasteiger partial charge in [0.05, 0.1) is 0 Å². The Labute approximate surface area is 80.0 Å². The van der Waals surface area contributed by atoms with Crippen LogP contribution in [0.4, 0.5) is 5.95 Å². The third-order valence-electron chi connectivity index (χ3n) is 1.30. The Balaban J connectivity index is 3.19. The molecular weight excluding hydrogens is 194 g/mol. The average molecular weight is 202 g/mol. The first-order valence-corrected chi connectivity index (χ1v) is 3.83. The summed E-state index contributed by atoms with van der Waals surface area (Å²) in [7, 11) is 3.41. The number of hydrogen-bond acceptors (Lipinski definition) is 4. The van der Waals surface area contributed by atoms with Gasteiger partial charge in [0, 0.05) is 20.2 Å². The fourth-order valence-corrected chi connectivity index (χ4v) is 0.894. The van der Waals surface area contributed by atoms with Crippen LogP contribution in [0.1, 0.15) is 10.5 Å². The second kappa shape index (κ2) is 3.57. The minimum atomic E-state index is -1.12. The van der Waals surface area contributed by atoms with Gasteiger partial charge in [-0.3, -0.25) is 0 Å². The average Bonchev–Trinajstić information content (AvgIpc) is 2.03. The third kappa shape index (κ3) is 2.29. The third-order valence-corrected chi connectivity index (χ3v) is 1.50. The van der Waals surface area contributed by atoms with Gasteiger partial charge in [0.1, 0.15) is 5.15 Å². The molecule has 1 aromatic rings. The van der Waals surface area contributed by atoms with Crippen LogP contribution in [0, 0.1) is 0 Å². The maximum Gasteiger partial charge on any atom is 0.354 e. The molecule has 5 nitrogen and oxygen atoms in total. The first-order chi connectivity index (χ1) is 6.00. The SMILES string of the molecule is CN(C)c1nc(Cl)cc(C(=O)O)n1. The fourth-order valence-electron chi connectivity index (χ4n) is 0.715. The van der Waals surface area contributed by atoms with E-state index in [1.807, 2.05) is 0 Å². The van der Waals surface area contributed by atoms with Crippen molar-refractivity contribution in [2.45, 2.75) is 0 Å². The van der Waals surface area contributed by atoms with Crippen LogP contribution in [0.5, 0.6) is 0 Å². The van der Waals surface area contributed by atoms with Crippen LogP contribution < -0.4 is 4.90 Å². The summed E-state index contributed by atoms with van der Waals surface area (Å²) in [6, 6.07) is 1.21. The molecule has 0 saturated heterocycles. The van der Waals surface area contributed by atoms with Gasteiger partial charge in [-0.25, -0.2) is 14.8 Å². The van der Waals surface area contributed by atoms with Crippen LogP contribution in [-0.2, 0) is 0 Å². The molecule has 70 valence electrons. The molecule has 1 rings (SSSR count). The van der Waals surface area contributed by atoms with Crippen LogP contribution in [0.25, 0.3) is 0 Å². The van der Waals surface area contributed by atoms with E-state index in [-0.39, 0.29) is 16.8 Å². The highest BCUT2D eigenvalue weighted by atomic mass is 35.5. The molecule has 0 aliphatic rings. The smallest absolute Gasteiger partial charge is 0.354 e. The molecule has 0 saturated carbocycles. The Morgan fingerprint density at radius 2 is 2.15 bits per heavy atom. The van der Waals surface area contributed by atoms with Crippen molar-refractivity contribution in [1.82, 2.24) is 9.97 Å². The Hall–Kier alpha value is -1.36. The summed E-state index contributed by atoms with van der Waals surface area (Å²) in [6.07, 6.45) is 0. The number of aromatic nitrogens is 2. The summed E-state index contributed by atoms with van der Waals surface area (Å²) in [6.45, 7) is 0. The number of nitrogens with zero attached hydrogens (tertiary/aromatic N) is 3. The van der Waals surface area contributed by atoms with Crippen LogP contribution >= 0.6 is 11.6 Å². The van der Waals surface area contributed by atoms with Crippen molar-refractivity contribution >= 4 is 23.5 Å². The summed E-state index contributed by atoms with van der Waals surface area (Å²) in [5, 5.41) is 8.77. The lowest BCUT2D eigenvalue weighted by molar-refractivity contribution is 0.0690. The molecule has 0 aliphatic carbocycles. The van der Waals surface area contributed by atoms with Crippen LogP contribution in [0.3, 0.4) is 0 Å². The van der Waals surface area contributed by atoms with Crippen molar-refractivity contribution in [3.05, 3.63) is 16.9 Å². The van der Waals surface area contributed by atoms with Gasteiger partial charge in [0.2, 0.25) is 5.95 Å². The van der Waals surface area contributed by atoms with Crippen LogP contribution in [0.15, 0.2) is 6.07 Å². The normalized spacial score (nSPS) is 9.77. The predicted octanol–water partition coefficient (Wildman–Crippen LogP) is 0.894. The molecule has 0 aliphatic heterocycles.